The van der Waals surface area contributed by atoms with E-state index in [0.717, 1.165) is 18.7 Å². The molecular weight excluding hydrogens is 296 g/mol. The van der Waals surface area contributed by atoms with Crippen molar-refractivity contribution in [3.63, 3.8) is 0 Å². The van der Waals surface area contributed by atoms with Crippen LogP contribution in [0.25, 0.3) is 6.08 Å². The van der Waals surface area contributed by atoms with Gasteiger partial charge in [0.25, 0.3) is 0 Å². The Morgan fingerprint density at radius 1 is 1.05 bits per heavy atom. The van der Waals surface area contributed by atoms with E-state index in [0.29, 0.717) is 0 Å². The molecule has 1 aromatic rings. The van der Waals surface area contributed by atoms with E-state index in [-0.39, 0.29) is 24.1 Å². The highest BCUT2D eigenvalue weighted by molar-refractivity contribution is 5.95. The Labute approximate surface area is 141 Å². The third-order valence-corrected chi connectivity index (χ3v) is 3.54. The molecule has 1 aromatic carbocycles. The summed E-state index contributed by atoms with van der Waals surface area (Å²) in [5, 5.41) is 0. The van der Waals surface area contributed by atoms with Gasteiger partial charge in [-0.3, -0.25) is 4.79 Å². The van der Waals surface area contributed by atoms with Crippen molar-refractivity contribution in [3.05, 3.63) is 41.0 Å². The summed E-state index contributed by atoms with van der Waals surface area (Å²) in [6.45, 7) is 5.73. The van der Waals surface area contributed by atoms with Gasteiger partial charge in [0.1, 0.15) is 0 Å². The molecule has 0 aliphatic heterocycles. The maximum atomic E-state index is 12.4. The number of carbonyl (C=O) groups is 1. The van der Waals surface area contributed by atoms with Crippen LogP contribution in [0.2, 0.25) is 0 Å². The molecule has 0 N–H and O–H groups in total. The molecule has 124 valence electrons. The monoisotopic (exact) mass is 324 g/mol. The summed E-state index contributed by atoms with van der Waals surface area (Å²) in [4.78, 5) is 16.5. The fraction of sp³-hybridized carbons (Fsp3) is 0.500. The van der Waals surface area contributed by atoms with Gasteiger partial charge >= 0.3 is 0 Å². The van der Waals surface area contributed by atoms with Crippen LogP contribution < -0.4 is 0 Å². The maximum absolute atomic E-state index is 12.4. The van der Waals surface area contributed by atoms with Gasteiger partial charge in [0.2, 0.25) is 0 Å². The normalized spacial score (nSPS) is 11.5. The van der Waals surface area contributed by atoms with E-state index in [9.17, 15) is 4.79 Å². The van der Waals surface area contributed by atoms with Crippen molar-refractivity contribution in [1.29, 1.82) is 0 Å². The first kappa shape index (κ1) is 20.8. The van der Waals surface area contributed by atoms with Gasteiger partial charge in [0.05, 0.1) is 0 Å². The molecule has 0 amide bonds. The number of aryl methyl sites for hydroxylation is 2. The van der Waals surface area contributed by atoms with Crippen molar-refractivity contribution in [2.45, 2.75) is 13.8 Å². The fourth-order valence-corrected chi connectivity index (χ4v) is 2.30. The van der Waals surface area contributed by atoms with Crippen LogP contribution in [0.5, 0.6) is 0 Å². The van der Waals surface area contributed by atoms with E-state index in [1.807, 2.05) is 34.3 Å². The topological polar surface area (TPSA) is 23.6 Å². The lowest BCUT2D eigenvalue weighted by Crippen LogP contribution is -2.34. The molecule has 0 heterocycles. The van der Waals surface area contributed by atoms with Crippen LogP contribution in [0.3, 0.4) is 0 Å². The predicted molar refractivity (Wildman–Crippen MR) is 97.8 cm³/mol. The first-order valence-electron chi connectivity index (χ1n) is 7.38. The first-order valence-corrected chi connectivity index (χ1v) is 7.38. The number of nitrogens with zero attached hydrogens (tertiary/aromatic N) is 2. The number of hydrogen-bond acceptors (Lipinski definition) is 3. The minimum absolute atomic E-state index is 0. The quantitative estimate of drug-likeness (QED) is 0.720. The van der Waals surface area contributed by atoms with Gasteiger partial charge in [-0.1, -0.05) is 24.3 Å². The number of carbonyl (C=O) groups excluding carboxylic acids is 1. The molecule has 0 aliphatic rings. The van der Waals surface area contributed by atoms with Gasteiger partial charge < -0.3 is 9.80 Å². The molecule has 0 saturated heterocycles. The molecule has 1 rings (SSSR count). The molecule has 0 bridgehead atoms. The largest absolute Gasteiger partial charge is 0.309 e. The Hall–Kier alpha value is -1.16. The van der Waals surface area contributed by atoms with Gasteiger partial charge in [-0.25, -0.2) is 0 Å². The van der Waals surface area contributed by atoms with Crippen LogP contribution in [-0.2, 0) is 4.79 Å². The van der Waals surface area contributed by atoms with Crippen LogP contribution in [0.4, 0.5) is 0 Å². The molecule has 0 spiro atoms. The summed E-state index contributed by atoms with van der Waals surface area (Å²) in [6, 6.07) is 6.27. The Morgan fingerprint density at radius 2 is 1.59 bits per heavy atom. The summed E-state index contributed by atoms with van der Waals surface area (Å²) in [6.07, 6.45) is 3.65. The van der Waals surface area contributed by atoms with Crippen molar-refractivity contribution in [3.8, 4) is 0 Å². The highest BCUT2D eigenvalue weighted by Crippen LogP contribution is 2.12. The standard InChI is InChI=1S/C18H28N2O.ClH/c1-14-7-8-16(11-15(14)2)9-10-18(21)17(12-19(3)4)13-20(5)6;/h7-11,17H,12-13H2,1-6H3;1H/b10-9+;. The van der Waals surface area contributed by atoms with Crippen molar-refractivity contribution in [2.75, 3.05) is 41.3 Å². The number of rotatable bonds is 7. The lowest BCUT2D eigenvalue weighted by Gasteiger charge is -2.22. The van der Waals surface area contributed by atoms with Crippen LogP contribution in [-0.4, -0.2) is 56.9 Å². The van der Waals surface area contributed by atoms with Crippen LogP contribution >= 0.6 is 12.4 Å². The van der Waals surface area contributed by atoms with Crippen LogP contribution in [0, 0.1) is 19.8 Å². The van der Waals surface area contributed by atoms with E-state index in [2.05, 4.69) is 41.8 Å². The third kappa shape index (κ3) is 7.21. The van der Waals surface area contributed by atoms with Crippen LogP contribution in [0.1, 0.15) is 16.7 Å². The van der Waals surface area contributed by atoms with Gasteiger partial charge in [0.15, 0.2) is 5.78 Å². The van der Waals surface area contributed by atoms with E-state index in [4.69, 9.17) is 0 Å². The zero-order valence-electron chi connectivity index (χ0n) is 14.6. The SMILES string of the molecule is Cc1ccc(/C=C/C(=O)C(CN(C)C)CN(C)C)cc1C.Cl. The van der Waals surface area contributed by atoms with Gasteiger partial charge in [-0.05, 0) is 64.8 Å². The summed E-state index contributed by atoms with van der Waals surface area (Å²) >= 11 is 0. The number of halogens is 1. The Balaban J connectivity index is 0.00000441. The smallest absolute Gasteiger partial charge is 0.161 e. The summed E-state index contributed by atoms with van der Waals surface area (Å²) in [7, 11) is 8.01. The Bertz CT molecular complexity index is 500. The lowest BCUT2D eigenvalue weighted by molar-refractivity contribution is -0.119. The van der Waals surface area contributed by atoms with Crippen molar-refractivity contribution >= 4 is 24.3 Å². The van der Waals surface area contributed by atoms with E-state index < -0.39 is 0 Å². The minimum atomic E-state index is 0. The van der Waals surface area contributed by atoms with Gasteiger partial charge in [-0.15, -0.1) is 12.4 Å². The van der Waals surface area contributed by atoms with Crippen molar-refractivity contribution < 1.29 is 4.79 Å². The van der Waals surface area contributed by atoms with Crippen molar-refractivity contribution in [1.82, 2.24) is 9.80 Å². The first-order chi connectivity index (χ1) is 9.79. The average molecular weight is 325 g/mol. The van der Waals surface area contributed by atoms with Gasteiger partial charge in [-0.2, -0.15) is 0 Å². The number of benzene rings is 1. The zero-order valence-corrected chi connectivity index (χ0v) is 15.4. The molecule has 0 aliphatic carbocycles. The molecule has 22 heavy (non-hydrogen) atoms. The second kappa shape index (κ2) is 9.78. The van der Waals surface area contributed by atoms with Gasteiger partial charge in [0, 0.05) is 19.0 Å². The third-order valence-electron chi connectivity index (χ3n) is 3.54. The van der Waals surface area contributed by atoms with E-state index in [1.54, 1.807) is 6.08 Å². The summed E-state index contributed by atoms with van der Waals surface area (Å²) in [5.41, 5.74) is 3.61. The number of allylic oxidation sites excluding steroid dienone is 1. The highest BCUT2D eigenvalue weighted by atomic mass is 35.5. The number of ketones is 1. The number of hydrogen-bond donors (Lipinski definition) is 0. The molecular formula is C18H29ClN2O. The summed E-state index contributed by atoms with van der Waals surface area (Å²) in [5.74, 6) is 0.202. The van der Waals surface area contributed by atoms with E-state index >= 15 is 0 Å². The predicted octanol–water partition coefficient (Wildman–Crippen LogP) is 3.05. The van der Waals surface area contributed by atoms with Crippen LogP contribution in [0.15, 0.2) is 24.3 Å². The molecule has 0 atom stereocenters. The second-order valence-corrected chi connectivity index (χ2v) is 6.30. The molecule has 0 fully saturated rings. The summed E-state index contributed by atoms with van der Waals surface area (Å²) < 4.78 is 0. The fourth-order valence-electron chi connectivity index (χ4n) is 2.30. The second-order valence-electron chi connectivity index (χ2n) is 6.30. The maximum Gasteiger partial charge on any atom is 0.161 e. The molecule has 0 aromatic heterocycles. The zero-order chi connectivity index (χ0) is 16.0. The van der Waals surface area contributed by atoms with Crippen molar-refractivity contribution in [2.24, 2.45) is 5.92 Å². The Kier molecular flexibility index (Phi) is 9.26. The minimum Gasteiger partial charge on any atom is -0.309 e. The molecule has 0 saturated carbocycles. The highest BCUT2D eigenvalue weighted by Gasteiger charge is 2.17. The molecule has 4 heteroatoms. The Morgan fingerprint density at radius 3 is 2.05 bits per heavy atom. The molecule has 0 radical (unpaired) electrons. The lowest BCUT2D eigenvalue weighted by atomic mass is 10.0. The molecule has 3 nitrogen and oxygen atoms in total. The average Bonchev–Trinajstić information content (AvgIpc) is 2.38. The van der Waals surface area contributed by atoms with E-state index in [1.165, 1.54) is 11.1 Å². The molecule has 0 unspecified atom stereocenters.